The maximum atomic E-state index is 12.4. The molecule has 0 aliphatic carbocycles. The molecule has 3 aromatic heterocycles. The van der Waals surface area contributed by atoms with Crippen LogP contribution in [0.3, 0.4) is 0 Å². The number of pyridine rings is 1. The number of halogens is 1. The van der Waals surface area contributed by atoms with E-state index in [1.54, 1.807) is 28.0 Å². The number of aromatic nitrogens is 5. The van der Waals surface area contributed by atoms with Crippen molar-refractivity contribution in [2.75, 3.05) is 6.54 Å². The Morgan fingerprint density at radius 1 is 1.24 bits per heavy atom. The van der Waals surface area contributed by atoms with Gasteiger partial charge in [-0.2, -0.15) is 10.2 Å². The number of hydrogen-bond acceptors (Lipinski definition) is 4. The Labute approximate surface area is 173 Å². The Balaban J connectivity index is 1.52. The van der Waals surface area contributed by atoms with E-state index in [0.717, 1.165) is 22.2 Å². The Morgan fingerprint density at radius 2 is 2.10 bits per heavy atom. The zero-order valence-electron chi connectivity index (χ0n) is 16.3. The fourth-order valence-corrected chi connectivity index (χ4v) is 3.56. The number of nitrogens with zero attached hydrogens (tertiary/aromatic N) is 5. The first-order chi connectivity index (χ1) is 14.0. The zero-order valence-corrected chi connectivity index (χ0v) is 17.0. The fraction of sp³-hybridized carbons (Fsp3) is 0.238. The Kier molecular flexibility index (Phi) is 5.31. The van der Waals surface area contributed by atoms with E-state index < -0.39 is 0 Å². The molecule has 0 saturated heterocycles. The highest BCUT2D eigenvalue weighted by atomic mass is 35.5. The smallest absolute Gasteiger partial charge is 0.241 e. The second kappa shape index (κ2) is 8.05. The summed E-state index contributed by atoms with van der Waals surface area (Å²) in [6.45, 7) is 5.12. The van der Waals surface area contributed by atoms with Crippen LogP contribution >= 0.6 is 11.6 Å². The van der Waals surface area contributed by atoms with Crippen LogP contribution in [0, 0.1) is 13.8 Å². The summed E-state index contributed by atoms with van der Waals surface area (Å²) in [5.41, 5.74) is 4.93. The van der Waals surface area contributed by atoms with Crippen molar-refractivity contribution in [2.45, 2.75) is 26.9 Å². The molecular formula is C21H21ClN6O. The van der Waals surface area contributed by atoms with Crippen molar-refractivity contribution in [3.63, 3.8) is 0 Å². The topological polar surface area (TPSA) is 77.6 Å². The van der Waals surface area contributed by atoms with Gasteiger partial charge in [-0.3, -0.25) is 9.48 Å². The van der Waals surface area contributed by atoms with Crippen LogP contribution in [0.4, 0.5) is 0 Å². The normalized spacial score (nSPS) is 11.1. The van der Waals surface area contributed by atoms with Crippen molar-refractivity contribution < 1.29 is 4.79 Å². The minimum atomic E-state index is -0.129. The molecule has 0 atom stereocenters. The molecule has 1 N–H and O–H groups in total. The molecule has 8 heteroatoms. The number of aryl methyl sites for hydroxylation is 2. The van der Waals surface area contributed by atoms with Gasteiger partial charge in [-0.15, -0.1) is 0 Å². The molecule has 1 amide bonds. The Bertz CT molecular complexity index is 1180. The number of fused-ring (bicyclic) bond motifs is 1. The van der Waals surface area contributed by atoms with Crippen molar-refractivity contribution in [1.82, 2.24) is 29.9 Å². The van der Waals surface area contributed by atoms with E-state index in [2.05, 4.69) is 45.6 Å². The van der Waals surface area contributed by atoms with E-state index in [0.29, 0.717) is 23.8 Å². The predicted molar refractivity (Wildman–Crippen MR) is 113 cm³/mol. The van der Waals surface area contributed by atoms with Crippen molar-refractivity contribution in [1.29, 1.82) is 0 Å². The highest BCUT2D eigenvalue weighted by Crippen LogP contribution is 2.30. The second-order valence-electron chi connectivity index (χ2n) is 6.94. The van der Waals surface area contributed by atoms with E-state index in [-0.39, 0.29) is 12.5 Å². The van der Waals surface area contributed by atoms with Crippen molar-refractivity contribution in [3.05, 3.63) is 65.2 Å². The molecule has 0 aliphatic rings. The van der Waals surface area contributed by atoms with Gasteiger partial charge in [0.15, 0.2) is 5.65 Å². The van der Waals surface area contributed by atoms with Gasteiger partial charge in [0.2, 0.25) is 5.91 Å². The molecule has 4 aromatic rings. The van der Waals surface area contributed by atoms with Gasteiger partial charge in [-0.1, -0.05) is 41.4 Å². The van der Waals surface area contributed by atoms with E-state index in [9.17, 15) is 4.79 Å². The predicted octanol–water partition coefficient (Wildman–Crippen LogP) is 3.38. The molecule has 0 unspecified atom stereocenters. The molecule has 0 spiro atoms. The van der Waals surface area contributed by atoms with E-state index in [1.165, 1.54) is 5.56 Å². The molecule has 3 heterocycles. The fourth-order valence-electron chi connectivity index (χ4n) is 3.41. The lowest BCUT2D eigenvalue weighted by Gasteiger charge is -2.07. The van der Waals surface area contributed by atoms with Gasteiger partial charge in [0, 0.05) is 24.3 Å². The number of carbonyl (C=O) groups is 1. The maximum absolute atomic E-state index is 12.4. The molecule has 7 nitrogen and oxygen atoms in total. The number of nitrogens with one attached hydrogen (secondary N) is 1. The van der Waals surface area contributed by atoms with Crippen LogP contribution in [0.5, 0.6) is 0 Å². The molecule has 0 saturated carbocycles. The zero-order chi connectivity index (χ0) is 20.4. The molecule has 0 aliphatic heterocycles. The molecule has 0 fully saturated rings. The number of rotatable bonds is 6. The first-order valence-electron chi connectivity index (χ1n) is 9.35. The van der Waals surface area contributed by atoms with Crippen LogP contribution in [0.1, 0.15) is 11.3 Å². The second-order valence-corrected chi connectivity index (χ2v) is 7.38. The van der Waals surface area contributed by atoms with Crippen LogP contribution in [0.25, 0.3) is 22.2 Å². The summed E-state index contributed by atoms with van der Waals surface area (Å²) >= 11 is 5.84. The Morgan fingerprint density at radius 3 is 2.86 bits per heavy atom. The maximum Gasteiger partial charge on any atom is 0.241 e. The van der Waals surface area contributed by atoms with E-state index in [1.807, 2.05) is 19.1 Å². The van der Waals surface area contributed by atoms with Crippen LogP contribution in [0.2, 0.25) is 5.02 Å². The number of carbonyl (C=O) groups excluding carboxylic acids is 1. The largest absolute Gasteiger partial charge is 0.353 e. The summed E-state index contributed by atoms with van der Waals surface area (Å²) in [5.74, 6) is -0.129. The highest BCUT2D eigenvalue weighted by molar-refractivity contribution is 6.30. The van der Waals surface area contributed by atoms with Gasteiger partial charge in [0.1, 0.15) is 6.54 Å². The molecule has 1 aromatic carbocycles. The minimum Gasteiger partial charge on any atom is -0.353 e. The summed E-state index contributed by atoms with van der Waals surface area (Å²) in [4.78, 5) is 16.9. The average molecular weight is 409 g/mol. The average Bonchev–Trinajstić information content (AvgIpc) is 3.25. The van der Waals surface area contributed by atoms with Gasteiger partial charge in [0.25, 0.3) is 0 Å². The van der Waals surface area contributed by atoms with Gasteiger partial charge >= 0.3 is 0 Å². The van der Waals surface area contributed by atoms with Crippen molar-refractivity contribution >= 4 is 28.5 Å². The first-order valence-corrected chi connectivity index (χ1v) is 9.73. The third-order valence-electron chi connectivity index (χ3n) is 4.70. The lowest BCUT2D eigenvalue weighted by atomic mass is 10.0. The summed E-state index contributed by atoms with van der Waals surface area (Å²) in [6, 6.07) is 10.3. The van der Waals surface area contributed by atoms with Crippen LogP contribution in [0.15, 0.2) is 48.9 Å². The Hall–Kier alpha value is -3.19. The summed E-state index contributed by atoms with van der Waals surface area (Å²) in [7, 11) is 0. The van der Waals surface area contributed by atoms with Gasteiger partial charge in [-0.25, -0.2) is 9.67 Å². The van der Waals surface area contributed by atoms with E-state index >= 15 is 0 Å². The van der Waals surface area contributed by atoms with Crippen LogP contribution in [-0.2, 0) is 17.9 Å². The quantitative estimate of drug-likeness (QED) is 0.530. The SMILES string of the molecule is Cc1cccc(-c2ccnc3c2c(C)nn3CC(=O)NCCn2cc(Cl)cn2)c1. The highest BCUT2D eigenvalue weighted by Gasteiger charge is 2.16. The lowest BCUT2D eigenvalue weighted by molar-refractivity contribution is -0.121. The third-order valence-corrected chi connectivity index (χ3v) is 4.89. The molecule has 4 rings (SSSR count). The van der Waals surface area contributed by atoms with E-state index in [4.69, 9.17) is 11.6 Å². The van der Waals surface area contributed by atoms with Crippen LogP contribution < -0.4 is 5.32 Å². The number of benzene rings is 1. The number of amides is 1. The molecule has 0 radical (unpaired) electrons. The third kappa shape index (κ3) is 4.14. The molecule has 148 valence electrons. The van der Waals surface area contributed by atoms with Crippen molar-refractivity contribution in [3.8, 4) is 11.1 Å². The van der Waals surface area contributed by atoms with Gasteiger partial charge in [0.05, 0.1) is 23.5 Å². The number of hydrogen-bond donors (Lipinski definition) is 1. The molecular weight excluding hydrogens is 388 g/mol. The molecule has 29 heavy (non-hydrogen) atoms. The first kappa shape index (κ1) is 19.1. The standard InChI is InChI=1S/C21H21ClN6O/c1-14-4-3-5-16(10-14)18-6-7-24-21-20(18)15(2)26-28(21)13-19(29)23-8-9-27-12-17(22)11-25-27/h3-7,10-12H,8-9,13H2,1-2H3,(H,23,29). The monoisotopic (exact) mass is 408 g/mol. The van der Waals surface area contributed by atoms with Crippen LogP contribution in [-0.4, -0.2) is 37.0 Å². The summed E-state index contributed by atoms with van der Waals surface area (Å²) < 4.78 is 3.34. The lowest BCUT2D eigenvalue weighted by Crippen LogP contribution is -2.31. The summed E-state index contributed by atoms with van der Waals surface area (Å²) in [6.07, 6.45) is 5.05. The summed E-state index contributed by atoms with van der Waals surface area (Å²) in [5, 5.41) is 13.1. The minimum absolute atomic E-state index is 0.106. The van der Waals surface area contributed by atoms with Crippen molar-refractivity contribution in [2.24, 2.45) is 0 Å². The molecule has 0 bridgehead atoms. The van der Waals surface area contributed by atoms with Gasteiger partial charge in [-0.05, 0) is 31.0 Å². The van der Waals surface area contributed by atoms with Gasteiger partial charge < -0.3 is 5.32 Å².